The third-order valence-electron chi connectivity index (χ3n) is 1.09. The number of rotatable bonds is 3. The molecule has 0 atom stereocenters. The molecule has 0 aliphatic rings. The Hall–Kier alpha value is -1.77. The Balaban J connectivity index is 2.63. The second-order valence-electron chi connectivity index (χ2n) is 2.04. The van der Waals surface area contributed by atoms with E-state index in [4.69, 9.17) is 5.26 Å². The molecule has 0 saturated carbocycles. The SMILES string of the molecule is N#Cc1ccnc(OCC(F)F)n1. The Labute approximate surface area is 72.8 Å². The lowest BCUT2D eigenvalue weighted by Gasteiger charge is -2.01. The minimum Gasteiger partial charge on any atom is -0.457 e. The Kier molecular flexibility index (Phi) is 3.09. The maximum absolute atomic E-state index is 11.7. The average molecular weight is 185 g/mol. The van der Waals surface area contributed by atoms with E-state index in [-0.39, 0.29) is 11.7 Å². The maximum Gasteiger partial charge on any atom is 0.317 e. The summed E-state index contributed by atoms with van der Waals surface area (Å²) in [6, 6.07) is 2.88. The Morgan fingerprint density at radius 2 is 2.38 bits per heavy atom. The van der Waals surface area contributed by atoms with Gasteiger partial charge in [-0.1, -0.05) is 0 Å². The minimum absolute atomic E-state index is 0.0827. The summed E-state index contributed by atoms with van der Waals surface area (Å²) >= 11 is 0. The number of hydrogen-bond acceptors (Lipinski definition) is 4. The molecule has 0 unspecified atom stereocenters. The van der Waals surface area contributed by atoms with Crippen LogP contribution in [0.4, 0.5) is 8.78 Å². The first-order valence-electron chi connectivity index (χ1n) is 3.36. The van der Waals surface area contributed by atoms with Crippen LogP contribution >= 0.6 is 0 Å². The third-order valence-corrected chi connectivity index (χ3v) is 1.09. The molecule has 0 saturated heterocycles. The van der Waals surface area contributed by atoms with Gasteiger partial charge in [-0.15, -0.1) is 0 Å². The number of nitriles is 1. The van der Waals surface area contributed by atoms with Gasteiger partial charge in [-0.3, -0.25) is 0 Å². The molecule has 0 aliphatic carbocycles. The van der Waals surface area contributed by atoms with Gasteiger partial charge in [0, 0.05) is 6.20 Å². The van der Waals surface area contributed by atoms with Crippen molar-refractivity contribution in [2.75, 3.05) is 6.61 Å². The van der Waals surface area contributed by atoms with E-state index in [1.807, 2.05) is 0 Å². The molecule has 0 amide bonds. The minimum atomic E-state index is -2.57. The molecule has 0 aromatic carbocycles. The highest BCUT2D eigenvalue weighted by atomic mass is 19.3. The highest BCUT2D eigenvalue weighted by Crippen LogP contribution is 2.03. The largest absolute Gasteiger partial charge is 0.457 e. The maximum atomic E-state index is 11.7. The number of halogens is 2. The monoisotopic (exact) mass is 185 g/mol. The molecule has 0 spiro atoms. The van der Waals surface area contributed by atoms with Gasteiger partial charge in [0.2, 0.25) is 0 Å². The predicted molar refractivity (Wildman–Crippen MR) is 38.2 cm³/mol. The van der Waals surface area contributed by atoms with Crippen molar-refractivity contribution in [2.45, 2.75) is 6.43 Å². The van der Waals surface area contributed by atoms with Gasteiger partial charge in [-0.05, 0) is 6.07 Å². The summed E-state index contributed by atoms with van der Waals surface area (Å²) in [5.41, 5.74) is 0.0827. The fraction of sp³-hybridized carbons (Fsp3) is 0.286. The van der Waals surface area contributed by atoms with Crippen molar-refractivity contribution in [3.05, 3.63) is 18.0 Å². The fourth-order valence-electron chi connectivity index (χ4n) is 0.610. The average Bonchev–Trinajstić information content (AvgIpc) is 2.15. The first-order valence-corrected chi connectivity index (χ1v) is 3.36. The molecule has 4 nitrogen and oxygen atoms in total. The second kappa shape index (κ2) is 4.30. The molecule has 6 heteroatoms. The smallest absolute Gasteiger partial charge is 0.317 e. The topological polar surface area (TPSA) is 58.8 Å². The highest BCUT2D eigenvalue weighted by Gasteiger charge is 2.05. The summed E-state index contributed by atoms with van der Waals surface area (Å²) in [6.07, 6.45) is -1.30. The van der Waals surface area contributed by atoms with E-state index in [1.54, 1.807) is 6.07 Å². The van der Waals surface area contributed by atoms with Gasteiger partial charge < -0.3 is 4.74 Å². The quantitative estimate of drug-likeness (QED) is 0.704. The fourth-order valence-corrected chi connectivity index (χ4v) is 0.610. The summed E-state index contributed by atoms with van der Waals surface area (Å²) in [5.74, 6) is 0. The number of alkyl halides is 2. The summed E-state index contributed by atoms with van der Waals surface area (Å²) in [4.78, 5) is 7.08. The highest BCUT2D eigenvalue weighted by molar-refractivity contribution is 5.19. The van der Waals surface area contributed by atoms with Crippen molar-refractivity contribution < 1.29 is 13.5 Å². The van der Waals surface area contributed by atoms with E-state index in [9.17, 15) is 8.78 Å². The number of hydrogen-bond donors (Lipinski definition) is 0. The van der Waals surface area contributed by atoms with Crippen molar-refractivity contribution in [3.8, 4) is 12.1 Å². The van der Waals surface area contributed by atoms with Crippen LogP contribution in [-0.4, -0.2) is 23.0 Å². The molecule has 0 N–H and O–H groups in total. The molecule has 68 valence electrons. The van der Waals surface area contributed by atoms with Gasteiger partial charge in [0.25, 0.3) is 6.43 Å². The van der Waals surface area contributed by atoms with Crippen LogP contribution in [0.1, 0.15) is 5.69 Å². The molecule has 1 rings (SSSR count). The van der Waals surface area contributed by atoms with Gasteiger partial charge in [0.05, 0.1) is 0 Å². The number of aromatic nitrogens is 2. The molecule has 13 heavy (non-hydrogen) atoms. The molecule has 1 aromatic heterocycles. The van der Waals surface area contributed by atoms with Gasteiger partial charge >= 0.3 is 6.01 Å². The summed E-state index contributed by atoms with van der Waals surface area (Å²) in [6.45, 7) is -0.769. The summed E-state index contributed by atoms with van der Waals surface area (Å²) in [7, 11) is 0. The predicted octanol–water partition coefficient (Wildman–Crippen LogP) is 0.992. The van der Waals surface area contributed by atoms with Crippen LogP contribution in [0.15, 0.2) is 12.3 Å². The van der Waals surface area contributed by atoms with Crippen LogP contribution in [-0.2, 0) is 0 Å². The van der Waals surface area contributed by atoms with E-state index in [0.717, 1.165) is 0 Å². The molecular formula is C7H5F2N3O. The van der Waals surface area contributed by atoms with E-state index < -0.39 is 13.0 Å². The molecule has 0 fully saturated rings. The summed E-state index contributed by atoms with van der Waals surface area (Å²) < 4.78 is 27.8. The van der Waals surface area contributed by atoms with E-state index in [2.05, 4.69) is 14.7 Å². The van der Waals surface area contributed by atoms with E-state index in [0.29, 0.717) is 0 Å². The van der Waals surface area contributed by atoms with Crippen LogP contribution in [0.25, 0.3) is 0 Å². The first kappa shape index (κ1) is 9.32. The van der Waals surface area contributed by atoms with Gasteiger partial charge in [0.15, 0.2) is 6.61 Å². The molecule has 0 bridgehead atoms. The van der Waals surface area contributed by atoms with Crippen molar-refractivity contribution >= 4 is 0 Å². The standard InChI is InChI=1S/C7H5F2N3O/c8-6(9)4-13-7-11-2-1-5(3-10)12-7/h1-2,6H,4H2. The van der Waals surface area contributed by atoms with E-state index in [1.165, 1.54) is 12.3 Å². The normalized spacial score (nSPS) is 9.69. The zero-order chi connectivity index (χ0) is 9.68. The molecule has 1 aromatic rings. The molecule has 1 heterocycles. The van der Waals surface area contributed by atoms with E-state index >= 15 is 0 Å². The Bertz CT molecular complexity index is 324. The Morgan fingerprint density at radius 1 is 1.62 bits per heavy atom. The molecule has 0 aliphatic heterocycles. The third kappa shape index (κ3) is 2.99. The lowest BCUT2D eigenvalue weighted by atomic mass is 10.4. The van der Waals surface area contributed by atoms with Crippen LogP contribution in [0, 0.1) is 11.3 Å². The molecule has 0 radical (unpaired) electrons. The van der Waals surface area contributed by atoms with Crippen molar-refractivity contribution in [2.24, 2.45) is 0 Å². The lowest BCUT2D eigenvalue weighted by molar-refractivity contribution is 0.0769. The van der Waals surface area contributed by atoms with Crippen LogP contribution in [0.5, 0.6) is 6.01 Å². The second-order valence-corrected chi connectivity index (χ2v) is 2.04. The van der Waals surface area contributed by atoms with Gasteiger partial charge in [0.1, 0.15) is 11.8 Å². The zero-order valence-electron chi connectivity index (χ0n) is 6.44. The van der Waals surface area contributed by atoms with Crippen LogP contribution in [0.3, 0.4) is 0 Å². The number of ether oxygens (including phenoxy) is 1. The van der Waals surface area contributed by atoms with Crippen LogP contribution in [0.2, 0.25) is 0 Å². The first-order chi connectivity index (χ1) is 6.22. The van der Waals surface area contributed by atoms with Crippen molar-refractivity contribution in [3.63, 3.8) is 0 Å². The molecular weight excluding hydrogens is 180 g/mol. The Morgan fingerprint density at radius 3 is 3.00 bits per heavy atom. The van der Waals surface area contributed by atoms with Crippen molar-refractivity contribution in [1.82, 2.24) is 9.97 Å². The van der Waals surface area contributed by atoms with Gasteiger partial charge in [-0.2, -0.15) is 10.2 Å². The number of nitrogens with zero attached hydrogens (tertiary/aromatic N) is 3. The van der Waals surface area contributed by atoms with Gasteiger partial charge in [-0.25, -0.2) is 13.8 Å². The lowest BCUT2D eigenvalue weighted by Crippen LogP contribution is -2.09. The van der Waals surface area contributed by atoms with Crippen molar-refractivity contribution in [1.29, 1.82) is 5.26 Å². The zero-order valence-corrected chi connectivity index (χ0v) is 6.44. The van der Waals surface area contributed by atoms with Crippen LogP contribution < -0.4 is 4.74 Å². The summed E-state index contributed by atoms with van der Waals surface area (Å²) in [5, 5.41) is 8.40.